The van der Waals surface area contributed by atoms with E-state index < -0.39 is 0 Å². The monoisotopic (exact) mass is 168 g/mol. The minimum Gasteiger partial charge on any atom is -0.324 e. The van der Waals surface area contributed by atoms with Crippen molar-refractivity contribution in [3.8, 4) is 0 Å². The van der Waals surface area contributed by atoms with Gasteiger partial charge in [-0.1, -0.05) is 6.58 Å². The second kappa shape index (κ2) is 3.90. The Balaban J connectivity index is 2.38. The Hall–Kier alpha value is -1.32. The van der Waals surface area contributed by atoms with E-state index in [1.165, 1.54) is 6.20 Å². The molecule has 1 aliphatic rings. The Morgan fingerprint density at radius 2 is 2.08 bits per heavy atom. The summed E-state index contributed by atoms with van der Waals surface area (Å²) in [4.78, 5) is 23.6. The van der Waals surface area contributed by atoms with Crippen molar-refractivity contribution in [2.75, 3.05) is 13.1 Å². The predicted octanol–water partition coefficient (Wildman–Crippen LogP) is 0.504. The molecule has 0 saturated carbocycles. The van der Waals surface area contributed by atoms with Crippen LogP contribution in [0.4, 0.5) is 4.79 Å². The molecule has 1 N–H and O–H groups in total. The zero-order valence-corrected chi connectivity index (χ0v) is 6.88. The molecule has 0 aromatic heterocycles. The van der Waals surface area contributed by atoms with Crippen LogP contribution in [-0.4, -0.2) is 29.8 Å². The van der Waals surface area contributed by atoms with E-state index in [2.05, 4.69) is 11.9 Å². The molecule has 4 nitrogen and oxygen atoms in total. The van der Waals surface area contributed by atoms with E-state index in [1.54, 1.807) is 4.90 Å². The molecule has 1 fully saturated rings. The molecule has 1 rings (SSSR count). The highest BCUT2D eigenvalue weighted by Crippen LogP contribution is 2.04. The number of nitrogens with zero attached hydrogens (tertiary/aromatic N) is 1. The van der Waals surface area contributed by atoms with Crippen LogP contribution < -0.4 is 5.32 Å². The van der Waals surface area contributed by atoms with Crippen LogP contribution in [-0.2, 0) is 4.79 Å². The van der Waals surface area contributed by atoms with Crippen LogP contribution in [0, 0.1) is 0 Å². The van der Waals surface area contributed by atoms with Crippen LogP contribution in [0.5, 0.6) is 0 Å². The molecule has 66 valence electrons. The Kier molecular flexibility index (Phi) is 2.85. The summed E-state index contributed by atoms with van der Waals surface area (Å²) in [5.74, 6) is 0.234. The summed E-state index contributed by atoms with van der Waals surface area (Å²) in [6.07, 6.45) is 2.30. The number of Topliss-reactive ketones (excluding diaryl/α,β-unsaturated/α-hetero) is 1. The Labute approximate surface area is 71.2 Å². The highest BCUT2D eigenvalue weighted by molar-refractivity contribution is 5.83. The summed E-state index contributed by atoms with van der Waals surface area (Å²) in [5, 5.41) is 2.47. The first-order chi connectivity index (χ1) is 5.74. The van der Waals surface area contributed by atoms with Crippen molar-refractivity contribution >= 4 is 11.8 Å². The highest BCUT2D eigenvalue weighted by atomic mass is 16.2. The van der Waals surface area contributed by atoms with Gasteiger partial charge in [0.15, 0.2) is 0 Å². The lowest BCUT2D eigenvalue weighted by Gasteiger charge is -2.25. The van der Waals surface area contributed by atoms with Crippen LogP contribution in [0.2, 0.25) is 0 Å². The number of rotatable bonds is 1. The number of likely N-dealkylation sites (tertiary alicyclic amines) is 1. The average Bonchev–Trinajstić information content (AvgIpc) is 2.06. The lowest BCUT2D eigenvalue weighted by molar-refractivity contribution is -0.120. The normalized spacial score (nSPS) is 17.3. The van der Waals surface area contributed by atoms with Crippen molar-refractivity contribution in [1.29, 1.82) is 0 Å². The van der Waals surface area contributed by atoms with Crippen LogP contribution in [0.25, 0.3) is 0 Å². The van der Waals surface area contributed by atoms with Crippen molar-refractivity contribution in [3.63, 3.8) is 0 Å². The molecular formula is C8H12N2O2. The molecule has 0 unspecified atom stereocenters. The van der Waals surface area contributed by atoms with Gasteiger partial charge in [-0.15, -0.1) is 0 Å². The summed E-state index contributed by atoms with van der Waals surface area (Å²) in [7, 11) is 0. The molecule has 1 heterocycles. The topological polar surface area (TPSA) is 49.4 Å². The van der Waals surface area contributed by atoms with Gasteiger partial charge in [0.05, 0.1) is 0 Å². The van der Waals surface area contributed by atoms with E-state index >= 15 is 0 Å². The van der Waals surface area contributed by atoms with Gasteiger partial charge in [0.2, 0.25) is 0 Å². The molecule has 4 heteroatoms. The molecule has 2 amide bonds. The standard InChI is InChI=1S/C8H12N2O2/c1-2-9-8(12)10-5-3-7(11)4-6-10/h2H,1,3-6H2,(H,9,12). The molecule has 1 aliphatic heterocycles. The molecule has 1 saturated heterocycles. The van der Waals surface area contributed by atoms with E-state index in [0.717, 1.165) is 0 Å². The molecular weight excluding hydrogens is 156 g/mol. The second-order valence-corrected chi connectivity index (χ2v) is 2.68. The SMILES string of the molecule is C=CNC(=O)N1CCC(=O)CC1. The first-order valence-corrected chi connectivity index (χ1v) is 3.92. The maximum absolute atomic E-state index is 11.1. The highest BCUT2D eigenvalue weighted by Gasteiger charge is 2.19. The number of hydrogen-bond acceptors (Lipinski definition) is 2. The molecule has 0 spiro atoms. The maximum atomic E-state index is 11.1. The van der Waals surface area contributed by atoms with E-state index in [4.69, 9.17) is 0 Å². The van der Waals surface area contributed by atoms with Gasteiger partial charge in [-0.2, -0.15) is 0 Å². The maximum Gasteiger partial charge on any atom is 0.321 e. The fourth-order valence-electron chi connectivity index (χ4n) is 1.14. The first-order valence-electron chi connectivity index (χ1n) is 3.92. The quantitative estimate of drug-likeness (QED) is 0.620. The summed E-state index contributed by atoms with van der Waals surface area (Å²) in [5.41, 5.74) is 0. The first kappa shape index (κ1) is 8.77. The van der Waals surface area contributed by atoms with Crippen LogP contribution in [0.1, 0.15) is 12.8 Å². The molecule has 12 heavy (non-hydrogen) atoms. The van der Waals surface area contributed by atoms with Gasteiger partial charge in [-0.3, -0.25) is 4.79 Å². The smallest absolute Gasteiger partial charge is 0.321 e. The number of hydrogen-bond donors (Lipinski definition) is 1. The van der Waals surface area contributed by atoms with Gasteiger partial charge in [0, 0.05) is 25.9 Å². The zero-order valence-electron chi connectivity index (χ0n) is 6.88. The molecule has 0 aromatic carbocycles. The molecule has 0 bridgehead atoms. The van der Waals surface area contributed by atoms with Gasteiger partial charge < -0.3 is 10.2 Å². The van der Waals surface area contributed by atoms with E-state index in [-0.39, 0.29) is 11.8 Å². The van der Waals surface area contributed by atoms with Gasteiger partial charge in [0.25, 0.3) is 0 Å². The third-order valence-corrected chi connectivity index (χ3v) is 1.83. The number of carbonyl (C=O) groups excluding carboxylic acids is 2. The summed E-state index contributed by atoms with van der Waals surface area (Å²) < 4.78 is 0. The Morgan fingerprint density at radius 1 is 1.50 bits per heavy atom. The van der Waals surface area contributed by atoms with Crippen molar-refractivity contribution in [3.05, 3.63) is 12.8 Å². The summed E-state index contributed by atoms with van der Waals surface area (Å²) in [6.45, 7) is 4.44. The number of nitrogens with one attached hydrogen (secondary N) is 1. The third kappa shape index (κ3) is 2.08. The Morgan fingerprint density at radius 3 is 2.58 bits per heavy atom. The fourth-order valence-corrected chi connectivity index (χ4v) is 1.14. The van der Waals surface area contributed by atoms with Crippen LogP contribution in [0.15, 0.2) is 12.8 Å². The molecule has 0 aromatic rings. The minimum atomic E-state index is -0.169. The van der Waals surface area contributed by atoms with Gasteiger partial charge in [0.1, 0.15) is 5.78 Å². The van der Waals surface area contributed by atoms with Gasteiger partial charge >= 0.3 is 6.03 Å². The Bertz CT molecular complexity index is 203. The molecule has 0 aliphatic carbocycles. The second-order valence-electron chi connectivity index (χ2n) is 2.68. The predicted molar refractivity (Wildman–Crippen MR) is 44.5 cm³/mol. The van der Waals surface area contributed by atoms with E-state index in [0.29, 0.717) is 25.9 Å². The van der Waals surface area contributed by atoms with Gasteiger partial charge in [-0.25, -0.2) is 4.79 Å². The van der Waals surface area contributed by atoms with Crippen molar-refractivity contribution < 1.29 is 9.59 Å². The fraction of sp³-hybridized carbons (Fsp3) is 0.500. The number of amides is 2. The van der Waals surface area contributed by atoms with Gasteiger partial charge in [-0.05, 0) is 6.20 Å². The van der Waals surface area contributed by atoms with Crippen LogP contribution in [0.3, 0.4) is 0 Å². The van der Waals surface area contributed by atoms with Crippen molar-refractivity contribution in [2.24, 2.45) is 0 Å². The molecule has 0 radical (unpaired) electrons. The summed E-state index contributed by atoms with van der Waals surface area (Å²) >= 11 is 0. The lowest BCUT2D eigenvalue weighted by atomic mass is 10.1. The zero-order chi connectivity index (χ0) is 8.97. The van der Waals surface area contributed by atoms with E-state index in [1.807, 2.05) is 0 Å². The minimum absolute atomic E-state index is 0.169. The summed E-state index contributed by atoms with van der Waals surface area (Å²) in [6, 6.07) is -0.169. The number of carbonyl (C=O) groups is 2. The average molecular weight is 168 g/mol. The largest absolute Gasteiger partial charge is 0.324 e. The van der Waals surface area contributed by atoms with Crippen molar-refractivity contribution in [1.82, 2.24) is 10.2 Å². The lowest BCUT2D eigenvalue weighted by Crippen LogP contribution is -2.42. The van der Waals surface area contributed by atoms with Crippen LogP contribution >= 0.6 is 0 Å². The number of urea groups is 1. The number of ketones is 1. The van der Waals surface area contributed by atoms with Crippen molar-refractivity contribution in [2.45, 2.75) is 12.8 Å². The number of piperidine rings is 1. The van der Waals surface area contributed by atoms with E-state index in [9.17, 15) is 9.59 Å². The molecule has 0 atom stereocenters. The third-order valence-electron chi connectivity index (χ3n) is 1.83.